The smallest absolute Gasteiger partial charge is 0.341 e. The molecule has 0 unspecified atom stereocenters. The summed E-state index contributed by atoms with van der Waals surface area (Å²) in [5.74, 6) is -1.38. The number of aliphatic carboxylic acids is 1. The van der Waals surface area contributed by atoms with Crippen molar-refractivity contribution in [3.8, 4) is 0 Å². The number of hydrogen-bond acceptors (Lipinski definition) is 4. The van der Waals surface area contributed by atoms with Crippen LogP contribution >= 0.6 is 0 Å². The van der Waals surface area contributed by atoms with E-state index in [0.29, 0.717) is 5.56 Å². The predicted molar refractivity (Wildman–Crippen MR) is 45.8 cm³/mol. The van der Waals surface area contributed by atoms with Crippen LogP contribution in [0.1, 0.15) is 16.8 Å². The molecule has 0 spiro atoms. The van der Waals surface area contributed by atoms with Gasteiger partial charge in [-0.25, -0.2) is 4.79 Å². The van der Waals surface area contributed by atoms with E-state index in [1.54, 1.807) is 0 Å². The molecule has 0 aromatic carbocycles. The Kier molecular flexibility index (Phi) is 3.22. The Bertz CT molecular complexity index is 345. The highest BCUT2D eigenvalue weighted by molar-refractivity contribution is 5.88. The van der Waals surface area contributed by atoms with Crippen LogP contribution in [0, 0.1) is 0 Å². The first kappa shape index (κ1) is 10.2. The van der Waals surface area contributed by atoms with Crippen LogP contribution in [0.25, 0.3) is 0 Å². The van der Waals surface area contributed by atoms with Crippen molar-refractivity contribution in [1.29, 1.82) is 0 Å². The fourth-order valence-electron chi connectivity index (χ4n) is 0.919. The zero-order valence-electron chi connectivity index (χ0n) is 7.64. The van der Waals surface area contributed by atoms with E-state index in [9.17, 15) is 9.59 Å². The van der Waals surface area contributed by atoms with Gasteiger partial charge in [0.1, 0.15) is 0 Å². The van der Waals surface area contributed by atoms with E-state index < -0.39 is 11.9 Å². The number of carboxylic acid groups (broad SMARTS) is 1. The highest BCUT2D eigenvalue weighted by atomic mass is 16.5. The van der Waals surface area contributed by atoms with Crippen molar-refractivity contribution in [2.75, 3.05) is 7.11 Å². The molecular weight excluding hydrogens is 188 g/mol. The third-order valence-corrected chi connectivity index (χ3v) is 1.61. The molecule has 0 saturated heterocycles. The first-order chi connectivity index (χ1) is 6.63. The highest BCUT2D eigenvalue weighted by Crippen LogP contribution is 2.00. The lowest BCUT2D eigenvalue weighted by Gasteiger charge is -1.96. The zero-order chi connectivity index (χ0) is 10.6. The van der Waals surface area contributed by atoms with Crippen molar-refractivity contribution in [2.45, 2.75) is 13.0 Å². The third kappa shape index (κ3) is 2.58. The summed E-state index contributed by atoms with van der Waals surface area (Å²) in [5.41, 5.74) is 0.317. The second-order valence-electron chi connectivity index (χ2n) is 2.63. The average Bonchev–Trinajstić information content (AvgIpc) is 2.62. The number of carbonyl (C=O) groups is 2. The molecule has 0 aliphatic heterocycles. The molecule has 0 fully saturated rings. The van der Waals surface area contributed by atoms with E-state index in [4.69, 9.17) is 5.11 Å². The maximum Gasteiger partial charge on any atom is 0.341 e. The number of methoxy groups -OCH3 is 1. The first-order valence-corrected chi connectivity index (χ1v) is 3.96. The molecule has 6 nitrogen and oxygen atoms in total. The molecule has 76 valence electrons. The zero-order valence-corrected chi connectivity index (χ0v) is 7.64. The van der Waals surface area contributed by atoms with Crippen LogP contribution in [0.15, 0.2) is 12.4 Å². The van der Waals surface area contributed by atoms with Gasteiger partial charge >= 0.3 is 11.9 Å². The van der Waals surface area contributed by atoms with Crippen molar-refractivity contribution >= 4 is 11.9 Å². The summed E-state index contributed by atoms with van der Waals surface area (Å²) >= 11 is 0. The number of ether oxygens (including phenoxy) is 1. The molecule has 14 heavy (non-hydrogen) atoms. The minimum atomic E-state index is -0.903. The standard InChI is InChI=1S/C8H10N2O4/c1-14-8(13)6-4-9-10(5-6)3-2-7(11)12/h4-5H,2-3H2,1H3,(H,11,12). The van der Waals surface area contributed by atoms with Gasteiger partial charge < -0.3 is 9.84 Å². The number of hydrogen-bond donors (Lipinski definition) is 1. The molecule has 0 atom stereocenters. The number of rotatable bonds is 4. The molecule has 1 heterocycles. The number of esters is 1. The number of carboxylic acids is 1. The molecule has 0 saturated carbocycles. The quantitative estimate of drug-likeness (QED) is 0.696. The maximum absolute atomic E-state index is 11.0. The number of carbonyl (C=O) groups excluding carboxylic acids is 1. The SMILES string of the molecule is COC(=O)c1cnn(CCC(=O)O)c1. The van der Waals surface area contributed by atoms with E-state index >= 15 is 0 Å². The topological polar surface area (TPSA) is 81.4 Å². The molecule has 0 amide bonds. The Morgan fingerprint density at radius 2 is 2.36 bits per heavy atom. The van der Waals surface area contributed by atoms with Crippen molar-refractivity contribution in [3.63, 3.8) is 0 Å². The largest absolute Gasteiger partial charge is 0.481 e. The molecule has 6 heteroatoms. The Morgan fingerprint density at radius 3 is 2.93 bits per heavy atom. The Hall–Kier alpha value is -1.85. The molecule has 1 aromatic heterocycles. The van der Waals surface area contributed by atoms with Gasteiger partial charge in [0.15, 0.2) is 0 Å². The van der Waals surface area contributed by atoms with E-state index in [2.05, 4.69) is 9.84 Å². The Morgan fingerprint density at radius 1 is 1.64 bits per heavy atom. The van der Waals surface area contributed by atoms with E-state index in [-0.39, 0.29) is 13.0 Å². The lowest BCUT2D eigenvalue weighted by molar-refractivity contribution is -0.137. The molecule has 0 aliphatic rings. The monoisotopic (exact) mass is 198 g/mol. The second-order valence-corrected chi connectivity index (χ2v) is 2.63. The lowest BCUT2D eigenvalue weighted by atomic mass is 10.4. The minimum absolute atomic E-state index is 0.0255. The molecule has 0 radical (unpaired) electrons. The van der Waals surface area contributed by atoms with Crippen molar-refractivity contribution in [1.82, 2.24) is 9.78 Å². The second kappa shape index (κ2) is 4.40. The number of aromatic nitrogens is 2. The van der Waals surface area contributed by atoms with Gasteiger partial charge in [0.05, 0.1) is 31.8 Å². The van der Waals surface area contributed by atoms with Gasteiger partial charge in [-0.15, -0.1) is 0 Å². The molecule has 1 N–H and O–H groups in total. The third-order valence-electron chi connectivity index (χ3n) is 1.61. The summed E-state index contributed by atoms with van der Waals surface area (Å²) in [4.78, 5) is 21.2. The van der Waals surface area contributed by atoms with Gasteiger partial charge in [-0.3, -0.25) is 9.48 Å². The maximum atomic E-state index is 11.0. The summed E-state index contributed by atoms with van der Waals surface area (Å²) in [6, 6.07) is 0. The lowest BCUT2D eigenvalue weighted by Crippen LogP contribution is -2.05. The van der Waals surface area contributed by atoms with Crippen LogP contribution in [0.3, 0.4) is 0 Å². The highest BCUT2D eigenvalue weighted by Gasteiger charge is 2.08. The molecule has 0 bridgehead atoms. The summed E-state index contributed by atoms with van der Waals surface area (Å²) in [6.45, 7) is 0.242. The fraction of sp³-hybridized carbons (Fsp3) is 0.375. The number of aryl methyl sites for hydroxylation is 1. The van der Waals surface area contributed by atoms with Crippen molar-refractivity contribution in [2.24, 2.45) is 0 Å². The van der Waals surface area contributed by atoms with Gasteiger partial charge in [0, 0.05) is 6.20 Å². The van der Waals surface area contributed by atoms with E-state index in [1.165, 1.54) is 24.2 Å². The normalized spacial score (nSPS) is 9.79. The Labute approximate surface area is 80.1 Å². The minimum Gasteiger partial charge on any atom is -0.481 e. The van der Waals surface area contributed by atoms with Crippen LogP contribution in [0.5, 0.6) is 0 Å². The van der Waals surface area contributed by atoms with Gasteiger partial charge in [-0.2, -0.15) is 5.10 Å². The average molecular weight is 198 g/mol. The van der Waals surface area contributed by atoms with Crippen molar-refractivity contribution in [3.05, 3.63) is 18.0 Å². The van der Waals surface area contributed by atoms with E-state index in [1.807, 2.05) is 0 Å². The first-order valence-electron chi connectivity index (χ1n) is 3.96. The molecular formula is C8H10N2O4. The van der Waals surface area contributed by atoms with Gasteiger partial charge in [0.25, 0.3) is 0 Å². The molecule has 1 aromatic rings. The van der Waals surface area contributed by atoms with Gasteiger partial charge in [0.2, 0.25) is 0 Å². The van der Waals surface area contributed by atoms with Gasteiger partial charge in [-0.05, 0) is 0 Å². The fourth-order valence-corrected chi connectivity index (χ4v) is 0.919. The van der Waals surface area contributed by atoms with Crippen LogP contribution < -0.4 is 0 Å². The van der Waals surface area contributed by atoms with Crippen LogP contribution in [-0.2, 0) is 16.1 Å². The molecule has 1 rings (SSSR count). The molecule has 0 aliphatic carbocycles. The van der Waals surface area contributed by atoms with Crippen LogP contribution in [-0.4, -0.2) is 33.9 Å². The van der Waals surface area contributed by atoms with E-state index in [0.717, 1.165) is 0 Å². The Balaban J connectivity index is 2.59. The summed E-state index contributed by atoms with van der Waals surface area (Å²) in [7, 11) is 1.27. The summed E-state index contributed by atoms with van der Waals surface area (Å²) in [5, 5.41) is 12.2. The van der Waals surface area contributed by atoms with Crippen molar-refractivity contribution < 1.29 is 19.4 Å². The van der Waals surface area contributed by atoms with Gasteiger partial charge in [-0.1, -0.05) is 0 Å². The van der Waals surface area contributed by atoms with Crippen LogP contribution in [0.2, 0.25) is 0 Å². The van der Waals surface area contributed by atoms with Crippen LogP contribution in [0.4, 0.5) is 0 Å². The predicted octanol–water partition coefficient (Wildman–Crippen LogP) is 0.144. The number of nitrogens with zero attached hydrogens (tertiary/aromatic N) is 2. The summed E-state index contributed by atoms with van der Waals surface area (Å²) < 4.78 is 5.86. The summed E-state index contributed by atoms with van der Waals surface area (Å²) in [6.07, 6.45) is 2.77.